The molecule has 0 bridgehead atoms. The van der Waals surface area contributed by atoms with Crippen molar-refractivity contribution in [3.63, 3.8) is 0 Å². The Morgan fingerprint density at radius 3 is 2.51 bits per heavy atom. The van der Waals surface area contributed by atoms with Gasteiger partial charge in [-0.15, -0.1) is 10.2 Å². The molecule has 0 atom stereocenters. The first kappa shape index (κ1) is 27.9. The molecule has 1 aliphatic heterocycles. The number of carbonyl (C=O) groups excluding carboxylic acids is 1. The van der Waals surface area contributed by atoms with Crippen LogP contribution in [-0.4, -0.2) is 71.1 Å². The van der Waals surface area contributed by atoms with Gasteiger partial charge in [0.1, 0.15) is 23.0 Å². The Hall–Kier alpha value is -5.28. The van der Waals surface area contributed by atoms with Crippen LogP contribution in [0.1, 0.15) is 34.7 Å². The molecule has 222 valence electrons. The zero-order chi connectivity index (χ0) is 30.3. The number of aromatic nitrogens is 8. The predicted molar refractivity (Wildman–Crippen MR) is 150 cm³/mol. The molecule has 3 N–H and O–H groups in total. The van der Waals surface area contributed by atoms with Crippen molar-refractivity contribution < 1.29 is 22.7 Å². The molecule has 5 aromatic rings. The van der Waals surface area contributed by atoms with Crippen molar-refractivity contribution in [1.82, 2.24) is 45.0 Å². The van der Waals surface area contributed by atoms with Crippen LogP contribution in [0, 0.1) is 6.92 Å². The number of carbonyl (C=O) groups is 1. The van der Waals surface area contributed by atoms with E-state index in [0.29, 0.717) is 58.6 Å². The number of amides is 1. The second kappa shape index (κ2) is 10.8. The van der Waals surface area contributed by atoms with Crippen LogP contribution in [0.3, 0.4) is 0 Å². The lowest BCUT2D eigenvalue weighted by Crippen LogP contribution is -2.30. The topological polar surface area (TPSA) is 152 Å². The van der Waals surface area contributed by atoms with E-state index < -0.39 is 23.3 Å². The summed E-state index contributed by atoms with van der Waals surface area (Å²) in [6, 6.07) is 9.43. The molecule has 16 heteroatoms. The van der Waals surface area contributed by atoms with Crippen molar-refractivity contribution in [1.29, 1.82) is 0 Å². The van der Waals surface area contributed by atoms with E-state index in [1.54, 1.807) is 38.2 Å². The largest absolute Gasteiger partial charge is 0.494 e. The number of nitrogens with zero attached hydrogens (tertiary/aromatic N) is 8. The maximum atomic E-state index is 14.0. The number of ether oxygens (including phenoxy) is 1. The molecule has 43 heavy (non-hydrogen) atoms. The number of anilines is 4. The summed E-state index contributed by atoms with van der Waals surface area (Å²) in [5.41, 5.74) is 0.751. The van der Waals surface area contributed by atoms with Crippen LogP contribution in [0.2, 0.25) is 0 Å². The summed E-state index contributed by atoms with van der Waals surface area (Å²) in [5, 5.41) is 18.3. The van der Waals surface area contributed by atoms with E-state index in [-0.39, 0.29) is 11.6 Å². The van der Waals surface area contributed by atoms with E-state index in [2.05, 4.69) is 46.0 Å². The number of H-pyrrole nitrogens is 1. The molecule has 1 amide bonds. The smallest absolute Gasteiger partial charge is 0.434 e. The molecule has 13 nitrogen and oxygen atoms in total. The molecule has 0 aliphatic carbocycles. The number of hydrogen-bond donors (Lipinski definition) is 3. The highest BCUT2D eigenvalue weighted by Crippen LogP contribution is 2.38. The molecule has 0 radical (unpaired) electrons. The number of benzene rings is 1. The Morgan fingerprint density at radius 1 is 1.02 bits per heavy atom. The number of fused-ring (bicyclic) bond motifs is 1. The zero-order valence-corrected chi connectivity index (χ0v) is 23.3. The van der Waals surface area contributed by atoms with E-state index in [4.69, 9.17) is 4.74 Å². The standard InChI is InChI=1S/C27H26F3N11O2/c1-14-31-21-18(33-17-8-6-7-15(22(17)43-3)24-37-39-40(2)38-24)13-20(36-25(21)32-14)34-19-10-9-16(23(35-19)27(28,29)30)26(42)41-11-4-5-12-41/h6-10,13H,4-5,11-12H2,1-3H3,(H3,31,32,33,34,35,36). The van der Waals surface area contributed by atoms with Gasteiger partial charge in [0, 0.05) is 19.2 Å². The molecule has 6 rings (SSSR count). The molecule has 5 heterocycles. The van der Waals surface area contributed by atoms with Gasteiger partial charge in [0.15, 0.2) is 17.1 Å². The highest BCUT2D eigenvalue weighted by Gasteiger charge is 2.39. The average molecular weight is 594 g/mol. The van der Waals surface area contributed by atoms with E-state index >= 15 is 0 Å². The molecule has 1 saturated heterocycles. The molecular formula is C27H26F3N11O2. The first-order chi connectivity index (χ1) is 20.6. The third kappa shape index (κ3) is 5.50. The van der Waals surface area contributed by atoms with Gasteiger partial charge in [0.2, 0.25) is 5.82 Å². The quantitative estimate of drug-likeness (QED) is 0.244. The number of pyridine rings is 2. The molecule has 0 unspecified atom stereocenters. The lowest BCUT2D eigenvalue weighted by Gasteiger charge is -2.19. The van der Waals surface area contributed by atoms with Crippen LogP contribution in [-0.2, 0) is 13.2 Å². The fourth-order valence-corrected chi connectivity index (χ4v) is 4.97. The number of methoxy groups -OCH3 is 1. The predicted octanol–water partition coefficient (Wildman–Crippen LogP) is 4.60. The molecular weight excluding hydrogens is 567 g/mol. The summed E-state index contributed by atoms with van der Waals surface area (Å²) in [6.45, 7) is 2.59. The summed E-state index contributed by atoms with van der Waals surface area (Å²) < 4.78 is 47.8. The SMILES string of the molecule is COc1c(Nc2cc(Nc3ccc(C(=O)N4CCCC4)c(C(F)(F)F)n3)nc3[nH]c(C)nc23)cccc1-c1nnn(C)n1. The highest BCUT2D eigenvalue weighted by molar-refractivity contribution is 5.96. The summed E-state index contributed by atoms with van der Waals surface area (Å²) in [7, 11) is 3.16. The number of para-hydroxylation sites is 1. The van der Waals surface area contributed by atoms with Crippen molar-refractivity contribution in [3.05, 3.63) is 53.5 Å². The van der Waals surface area contributed by atoms with E-state index in [1.165, 1.54) is 22.9 Å². The van der Waals surface area contributed by atoms with E-state index in [1.807, 2.05) is 0 Å². The number of alkyl halides is 3. The maximum Gasteiger partial charge on any atom is 0.434 e. The van der Waals surface area contributed by atoms with Crippen molar-refractivity contribution in [2.24, 2.45) is 7.05 Å². The van der Waals surface area contributed by atoms with Gasteiger partial charge in [-0.3, -0.25) is 4.79 Å². The second-order valence-electron chi connectivity index (χ2n) is 9.90. The van der Waals surface area contributed by atoms with Crippen LogP contribution in [0.25, 0.3) is 22.6 Å². The number of halogens is 3. The Morgan fingerprint density at radius 2 is 1.81 bits per heavy atom. The molecule has 1 fully saturated rings. The molecule has 1 aromatic carbocycles. The van der Waals surface area contributed by atoms with Crippen LogP contribution in [0.4, 0.5) is 36.2 Å². The van der Waals surface area contributed by atoms with Crippen LogP contribution >= 0.6 is 0 Å². The van der Waals surface area contributed by atoms with Crippen molar-refractivity contribution in [2.75, 3.05) is 30.8 Å². The fraction of sp³-hybridized carbons (Fsp3) is 0.296. The zero-order valence-electron chi connectivity index (χ0n) is 23.3. The number of aryl methyl sites for hydroxylation is 2. The Bertz CT molecular complexity index is 1830. The number of imidazole rings is 1. The number of tetrazole rings is 1. The van der Waals surface area contributed by atoms with E-state index in [9.17, 15) is 18.0 Å². The molecule has 0 spiro atoms. The fourth-order valence-electron chi connectivity index (χ4n) is 4.97. The van der Waals surface area contributed by atoms with Gasteiger partial charge in [-0.25, -0.2) is 15.0 Å². The average Bonchev–Trinajstić information content (AvgIpc) is 3.73. The van der Waals surface area contributed by atoms with Crippen molar-refractivity contribution in [2.45, 2.75) is 25.9 Å². The summed E-state index contributed by atoms with van der Waals surface area (Å²) >= 11 is 0. The molecule has 4 aromatic heterocycles. The Kier molecular flexibility index (Phi) is 7.03. The number of rotatable bonds is 7. The summed E-state index contributed by atoms with van der Waals surface area (Å²) in [6.07, 6.45) is -3.33. The van der Waals surface area contributed by atoms with Crippen molar-refractivity contribution in [3.8, 4) is 17.1 Å². The Labute approximate surface area is 242 Å². The number of aromatic amines is 1. The number of likely N-dealkylation sites (tertiary alicyclic amines) is 1. The normalized spacial score (nSPS) is 13.5. The van der Waals surface area contributed by atoms with Crippen LogP contribution in [0.15, 0.2) is 36.4 Å². The number of nitrogens with one attached hydrogen (secondary N) is 3. The van der Waals surface area contributed by atoms with Gasteiger partial charge in [0.25, 0.3) is 5.91 Å². The van der Waals surface area contributed by atoms with E-state index in [0.717, 1.165) is 18.9 Å². The lowest BCUT2D eigenvalue weighted by molar-refractivity contribution is -0.141. The van der Waals surface area contributed by atoms with Crippen LogP contribution < -0.4 is 15.4 Å². The molecule has 1 aliphatic rings. The van der Waals surface area contributed by atoms with Gasteiger partial charge < -0.3 is 25.3 Å². The minimum atomic E-state index is -4.84. The Balaban J connectivity index is 1.36. The van der Waals surface area contributed by atoms with Gasteiger partial charge >= 0.3 is 6.18 Å². The third-order valence-corrected chi connectivity index (χ3v) is 6.85. The first-order valence-corrected chi connectivity index (χ1v) is 13.3. The minimum Gasteiger partial charge on any atom is -0.494 e. The maximum absolute atomic E-state index is 14.0. The summed E-state index contributed by atoms with van der Waals surface area (Å²) in [5.74, 6) is 0.748. The highest BCUT2D eigenvalue weighted by atomic mass is 19.4. The second-order valence-corrected chi connectivity index (χ2v) is 9.90. The van der Waals surface area contributed by atoms with Gasteiger partial charge in [-0.2, -0.15) is 18.0 Å². The van der Waals surface area contributed by atoms with Crippen molar-refractivity contribution >= 4 is 40.1 Å². The number of hydrogen-bond acceptors (Lipinski definition) is 10. The first-order valence-electron chi connectivity index (χ1n) is 13.3. The monoisotopic (exact) mass is 593 g/mol. The summed E-state index contributed by atoms with van der Waals surface area (Å²) in [4.78, 5) is 31.4. The third-order valence-electron chi connectivity index (χ3n) is 6.85. The lowest BCUT2D eigenvalue weighted by atomic mass is 10.1. The minimum absolute atomic E-state index is 0.132. The van der Waals surface area contributed by atoms with Crippen LogP contribution in [0.5, 0.6) is 5.75 Å². The molecule has 0 saturated carbocycles. The van der Waals surface area contributed by atoms with Gasteiger partial charge in [0.05, 0.1) is 36.7 Å². The van der Waals surface area contributed by atoms with Gasteiger partial charge in [-0.1, -0.05) is 6.07 Å². The van der Waals surface area contributed by atoms with Gasteiger partial charge in [-0.05, 0) is 49.2 Å².